The highest BCUT2D eigenvalue weighted by Gasteiger charge is 2.52. The van der Waals surface area contributed by atoms with Crippen LogP contribution in [0.4, 0.5) is 5.69 Å². The summed E-state index contributed by atoms with van der Waals surface area (Å²) in [6, 6.07) is 29.9. The van der Waals surface area contributed by atoms with Crippen molar-refractivity contribution in [3.63, 3.8) is 0 Å². The first-order chi connectivity index (χ1) is 24.3. The molecule has 1 aliphatic rings. The van der Waals surface area contributed by atoms with Crippen molar-refractivity contribution in [1.29, 1.82) is 0 Å². The Balaban J connectivity index is 1.05. The predicted octanol–water partition coefficient (Wildman–Crippen LogP) is 5.88. The number of hydrogen-bond donors (Lipinski definition) is 2. The molecule has 0 saturated heterocycles. The molecule has 0 fully saturated rings. The highest BCUT2D eigenvalue weighted by Crippen LogP contribution is 2.46. The summed E-state index contributed by atoms with van der Waals surface area (Å²) in [4.78, 5) is 28.8. The average molecular weight is 732 g/mol. The maximum Gasteiger partial charge on any atom is 0.279 e. The highest BCUT2D eigenvalue weighted by atomic mass is 79.9. The molecular formula is C39H35BrN6O4. The number of hydrogen-bond acceptors (Lipinski definition) is 7. The third-order valence-electron chi connectivity index (χ3n) is 9.36. The fourth-order valence-corrected chi connectivity index (χ4v) is 6.92. The van der Waals surface area contributed by atoms with Crippen molar-refractivity contribution in [1.82, 2.24) is 24.8 Å². The fourth-order valence-electron chi connectivity index (χ4n) is 6.56. The molecule has 50 heavy (non-hydrogen) atoms. The van der Waals surface area contributed by atoms with Crippen LogP contribution in [0.2, 0.25) is 0 Å². The Morgan fingerprint density at radius 1 is 0.960 bits per heavy atom. The molecule has 2 N–H and O–H groups in total. The molecule has 11 heteroatoms. The second-order valence-electron chi connectivity index (χ2n) is 12.5. The first-order valence-corrected chi connectivity index (χ1v) is 17.2. The minimum Gasteiger partial charge on any atom is -0.395 e. The number of carbonyl (C=O) groups excluding carboxylic acids is 1. The molecule has 3 atom stereocenters. The summed E-state index contributed by atoms with van der Waals surface area (Å²) < 4.78 is 3.86. The quantitative estimate of drug-likeness (QED) is 0.160. The van der Waals surface area contributed by atoms with E-state index in [-0.39, 0.29) is 24.6 Å². The minimum atomic E-state index is -1.78. The Labute approximate surface area is 297 Å². The summed E-state index contributed by atoms with van der Waals surface area (Å²) >= 11 is 3.52. The molecule has 6 aromatic rings. The number of fused-ring (bicyclic) bond motifs is 2. The molecule has 2 aromatic heterocycles. The number of amides is 1. The zero-order chi connectivity index (χ0) is 34.8. The maximum absolute atomic E-state index is 14.1. The van der Waals surface area contributed by atoms with Crippen LogP contribution in [0.5, 0.6) is 0 Å². The Morgan fingerprint density at radius 3 is 2.50 bits per heavy atom. The molecule has 10 nitrogen and oxygen atoms in total. The van der Waals surface area contributed by atoms with Crippen LogP contribution < -0.4 is 10.5 Å². The lowest BCUT2D eigenvalue weighted by molar-refractivity contribution is -0.139. The van der Waals surface area contributed by atoms with Crippen LogP contribution >= 0.6 is 15.9 Å². The number of aliphatic hydroxyl groups excluding tert-OH is 1. The molecule has 4 aromatic carbocycles. The van der Waals surface area contributed by atoms with Gasteiger partial charge in [-0.15, -0.1) is 5.10 Å². The summed E-state index contributed by atoms with van der Waals surface area (Å²) in [6.45, 7) is 2.54. The van der Waals surface area contributed by atoms with Crippen LogP contribution in [-0.4, -0.2) is 47.5 Å². The highest BCUT2D eigenvalue weighted by molar-refractivity contribution is 9.10. The second kappa shape index (κ2) is 13.9. The summed E-state index contributed by atoms with van der Waals surface area (Å²) in [5.74, 6) is -1.20. The van der Waals surface area contributed by atoms with Gasteiger partial charge in [-0.05, 0) is 53.9 Å². The van der Waals surface area contributed by atoms with E-state index in [2.05, 4.69) is 31.3 Å². The van der Waals surface area contributed by atoms with E-state index < -0.39 is 17.4 Å². The van der Waals surface area contributed by atoms with E-state index >= 15 is 0 Å². The largest absolute Gasteiger partial charge is 0.395 e. The summed E-state index contributed by atoms with van der Waals surface area (Å²) in [7, 11) is 0. The Bertz CT molecular complexity index is 2250. The van der Waals surface area contributed by atoms with Crippen LogP contribution in [0, 0.1) is 5.92 Å². The molecule has 1 amide bonds. The van der Waals surface area contributed by atoms with E-state index in [0.717, 1.165) is 21.0 Å². The number of anilines is 1. The van der Waals surface area contributed by atoms with Crippen LogP contribution in [-0.2, 0) is 23.5 Å². The van der Waals surface area contributed by atoms with Gasteiger partial charge in [0.25, 0.3) is 11.5 Å². The maximum atomic E-state index is 14.1. The van der Waals surface area contributed by atoms with Crippen LogP contribution in [0.1, 0.15) is 41.6 Å². The zero-order valence-electron chi connectivity index (χ0n) is 27.3. The first kappa shape index (κ1) is 33.3. The Morgan fingerprint density at radius 2 is 1.72 bits per heavy atom. The van der Waals surface area contributed by atoms with Crippen molar-refractivity contribution >= 4 is 38.3 Å². The molecule has 0 radical (unpaired) electrons. The minimum absolute atomic E-state index is 0.0726. The van der Waals surface area contributed by atoms with E-state index in [0.29, 0.717) is 41.0 Å². The predicted molar refractivity (Wildman–Crippen MR) is 195 cm³/mol. The van der Waals surface area contributed by atoms with Crippen molar-refractivity contribution in [2.75, 3.05) is 11.5 Å². The fraction of sp³-hybridized carbons (Fsp3) is 0.205. The van der Waals surface area contributed by atoms with Crippen LogP contribution in [0.3, 0.4) is 0 Å². The van der Waals surface area contributed by atoms with Gasteiger partial charge in [-0.3, -0.25) is 14.3 Å². The van der Waals surface area contributed by atoms with E-state index in [1.54, 1.807) is 27.9 Å². The number of nitrogens with zero attached hydrogens (tertiary/aromatic N) is 6. The molecule has 0 bridgehead atoms. The molecule has 0 saturated carbocycles. The van der Waals surface area contributed by atoms with Crippen molar-refractivity contribution in [3.8, 4) is 5.69 Å². The number of halogens is 1. The van der Waals surface area contributed by atoms with Gasteiger partial charge < -0.3 is 15.1 Å². The standard InChI is InChI=1S/C39H35BrN6O4/c1-26(9-7-8-20-44-24-35(42-43-44)33(25-47)28-10-3-2-4-11-28)39(50)34-21-30(40)16-19-36(34)45(38(39)49)23-27-14-17-31(18-15-27)46-37(48)32-13-6-5-12-29(32)22-41-46/h2-7,9-19,21-22,24,26,33,47,50H,8,20,23,25H2,1H3/b9-7+/t26-,33?,39+/m1/s1. The summed E-state index contributed by atoms with van der Waals surface area (Å²) in [6.07, 6.45) is 7.92. The van der Waals surface area contributed by atoms with Crippen molar-refractivity contribution in [2.45, 2.75) is 38.0 Å². The van der Waals surface area contributed by atoms with E-state index in [4.69, 9.17) is 0 Å². The molecule has 252 valence electrons. The molecule has 0 spiro atoms. The van der Waals surface area contributed by atoms with Gasteiger partial charge in [-0.2, -0.15) is 9.78 Å². The monoisotopic (exact) mass is 730 g/mol. The second-order valence-corrected chi connectivity index (χ2v) is 13.4. The number of aromatic nitrogens is 5. The van der Waals surface area contributed by atoms with Gasteiger partial charge in [0.15, 0.2) is 5.60 Å². The molecule has 1 unspecified atom stereocenters. The van der Waals surface area contributed by atoms with Gasteiger partial charge in [0.1, 0.15) is 0 Å². The van der Waals surface area contributed by atoms with E-state index in [9.17, 15) is 19.8 Å². The van der Waals surface area contributed by atoms with Crippen molar-refractivity contribution in [3.05, 3.63) is 159 Å². The number of rotatable bonds is 11. The third kappa shape index (κ3) is 6.19. The summed E-state index contributed by atoms with van der Waals surface area (Å²) in [5.41, 5.74) is 2.31. The number of benzene rings is 4. The number of aliphatic hydroxyl groups is 2. The average Bonchev–Trinajstić information content (AvgIpc) is 3.69. The normalized spacial score (nSPS) is 17.0. The van der Waals surface area contributed by atoms with Gasteiger partial charge in [0.2, 0.25) is 0 Å². The van der Waals surface area contributed by atoms with E-state index in [1.807, 2.05) is 110 Å². The number of allylic oxidation sites excluding steroid dienone is 1. The Kier molecular flexibility index (Phi) is 9.28. The Hall–Kier alpha value is -5.23. The first-order valence-electron chi connectivity index (χ1n) is 16.4. The van der Waals surface area contributed by atoms with Gasteiger partial charge >= 0.3 is 0 Å². The molecule has 7 rings (SSSR count). The zero-order valence-corrected chi connectivity index (χ0v) is 28.9. The van der Waals surface area contributed by atoms with Gasteiger partial charge in [-0.1, -0.05) is 101 Å². The van der Waals surface area contributed by atoms with Crippen LogP contribution in [0.25, 0.3) is 16.5 Å². The molecule has 1 aliphatic heterocycles. The lowest BCUT2D eigenvalue weighted by Crippen LogP contribution is -2.44. The molecule has 0 aliphatic carbocycles. The van der Waals surface area contributed by atoms with Gasteiger partial charge in [0, 0.05) is 34.1 Å². The summed E-state index contributed by atoms with van der Waals surface area (Å²) in [5, 5.41) is 36.3. The lowest BCUT2D eigenvalue weighted by atomic mass is 9.83. The van der Waals surface area contributed by atoms with E-state index in [1.165, 1.54) is 4.68 Å². The SMILES string of the molecule is C[C@H](/C=C/CCn1cc(C(CO)c2ccccc2)nn1)[C@@]1(O)C(=O)N(Cc2ccc(-n3ncc4ccccc4c3=O)cc2)c2ccc(Br)cc21. The smallest absolute Gasteiger partial charge is 0.279 e. The van der Waals surface area contributed by atoms with Crippen molar-refractivity contribution < 1.29 is 15.0 Å². The topological polar surface area (TPSA) is 126 Å². The molecular weight excluding hydrogens is 696 g/mol. The van der Waals surface area contributed by atoms with Crippen molar-refractivity contribution in [2.24, 2.45) is 5.92 Å². The van der Waals surface area contributed by atoms with Gasteiger partial charge in [-0.25, -0.2) is 0 Å². The lowest BCUT2D eigenvalue weighted by Gasteiger charge is -2.27. The van der Waals surface area contributed by atoms with Gasteiger partial charge in [0.05, 0.1) is 47.7 Å². The third-order valence-corrected chi connectivity index (χ3v) is 9.85. The molecule has 3 heterocycles. The number of aryl methyl sites for hydroxylation is 1. The van der Waals surface area contributed by atoms with Crippen LogP contribution in [0.15, 0.2) is 131 Å². The number of carbonyl (C=O) groups is 1.